The highest BCUT2D eigenvalue weighted by molar-refractivity contribution is 5.77. The lowest BCUT2D eigenvalue weighted by molar-refractivity contribution is -0.123. The van der Waals surface area contributed by atoms with E-state index in [1.807, 2.05) is 60.7 Å². The Balaban J connectivity index is 1.15. The van der Waals surface area contributed by atoms with E-state index in [1.165, 1.54) is 6.07 Å². The SMILES string of the molecule is CC(C)[C@@H]1C[C@H](c2ccccc2F)CO[C@H]1c1cccc(OCC(=O)NC[C@@H]2COc3ccccc3O2)c1. The molecule has 0 bridgehead atoms. The van der Waals surface area contributed by atoms with Crippen LogP contribution in [0.5, 0.6) is 17.2 Å². The maximum absolute atomic E-state index is 14.4. The lowest BCUT2D eigenvalue weighted by Crippen LogP contribution is -2.42. The van der Waals surface area contributed by atoms with Gasteiger partial charge in [0.25, 0.3) is 5.91 Å². The highest BCUT2D eigenvalue weighted by atomic mass is 19.1. The molecule has 5 rings (SSSR count). The van der Waals surface area contributed by atoms with Crippen LogP contribution in [0, 0.1) is 17.7 Å². The minimum absolute atomic E-state index is 0.0231. The Bertz CT molecular complexity index is 1250. The Labute approximate surface area is 223 Å². The van der Waals surface area contributed by atoms with Crippen molar-refractivity contribution in [2.24, 2.45) is 11.8 Å². The summed E-state index contributed by atoms with van der Waals surface area (Å²) in [6.07, 6.45) is 0.456. The average molecular weight is 520 g/mol. The fourth-order valence-corrected chi connectivity index (χ4v) is 5.22. The number of ether oxygens (including phenoxy) is 4. The summed E-state index contributed by atoms with van der Waals surface area (Å²) in [5.74, 6) is 2.17. The van der Waals surface area contributed by atoms with E-state index < -0.39 is 0 Å². The first kappa shape index (κ1) is 26.0. The summed E-state index contributed by atoms with van der Waals surface area (Å²) in [7, 11) is 0. The number of halogens is 1. The zero-order chi connectivity index (χ0) is 26.5. The summed E-state index contributed by atoms with van der Waals surface area (Å²) in [4.78, 5) is 12.4. The third kappa shape index (κ3) is 6.10. The molecule has 2 aliphatic heterocycles. The van der Waals surface area contributed by atoms with Gasteiger partial charge in [0.05, 0.1) is 19.3 Å². The molecule has 1 N–H and O–H groups in total. The summed E-state index contributed by atoms with van der Waals surface area (Å²) < 4.78 is 38.2. The average Bonchev–Trinajstić information content (AvgIpc) is 2.95. The van der Waals surface area contributed by atoms with Crippen LogP contribution < -0.4 is 19.5 Å². The monoisotopic (exact) mass is 519 g/mol. The van der Waals surface area contributed by atoms with Crippen LogP contribution in [-0.2, 0) is 9.53 Å². The number of benzene rings is 3. The standard InChI is InChI=1S/C31H34FNO5/c1-20(2)26-15-22(25-10-3-4-11-27(25)32)17-37-31(26)21-8-7-9-23(14-21)35-19-30(34)33-16-24-18-36-28-12-5-6-13-29(28)38-24/h3-14,20,22,24,26,31H,15-19H2,1-2H3,(H,33,34)/t22-,24+,26-,31-/m0/s1. The van der Waals surface area contributed by atoms with Crippen LogP contribution in [0.4, 0.5) is 4.39 Å². The fourth-order valence-electron chi connectivity index (χ4n) is 5.22. The topological polar surface area (TPSA) is 66.0 Å². The van der Waals surface area contributed by atoms with E-state index >= 15 is 0 Å². The van der Waals surface area contributed by atoms with Crippen LogP contribution in [0.1, 0.15) is 43.4 Å². The Morgan fingerprint density at radius 2 is 1.82 bits per heavy atom. The molecule has 3 aromatic carbocycles. The predicted molar refractivity (Wildman–Crippen MR) is 142 cm³/mol. The summed E-state index contributed by atoms with van der Waals surface area (Å²) in [5, 5.41) is 2.85. The normalized spacial score (nSPS) is 22.6. The Morgan fingerprint density at radius 1 is 1.03 bits per heavy atom. The van der Waals surface area contributed by atoms with Crippen LogP contribution >= 0.6 is 0 Å². The molecule has 4 atom stereocenters. The molecule has 0 unspecified atom stereocenters. The number of para-hydroxylation sites is 2. The van der Waals surface area contributed by atoms with Crippen molar-refractivity contribution in [2.45, 2.75) is 38.4 Å². The third-order valence-electron chi connectivity index (χ3n) is 7.27. The van der Waals surface area contributed by atoms with Crippen molar-refractivity contribution >= 4 is 5.91 Å². The van der Waals surface area contributed by atoms with E-state index in [2.05, 4.69) is 19.2 Å². The highest BCUT2D eigenvalue weighted by Crippen LogP contribution is 2.44. The minimum atomic E-state index is -0.262. The van der Waals surface area contributed by atoms with Gasteiger partial charge in [-0.3, -0.25) is 4.79 Å². The molecule has 1 amide bonds. The van der Waals surface area contributed by atoms with Gasteiger partial charge in [-0.05, 0) is 59.7 Å². The number of nitrogens with one attached hydrogen (secondary N) is 1. The Morgan fingerprint density at radius 3 is 2.63 bits per heavy atom. The van der Waals surface area contributed by atoms with Gasteiger partial charge in [-0.1, -0.05) is 56.3 Å². The first-order chi connectivity index (χ1) is 18.5. The van der Waals surface area contributed by atoms with E-state index in [1.54, 1.807) is 6.07 Å². The van der Waals surface area contributed by atoms with E-state index in [9.17, 15) is 9.18 Å². The molecular formula is C31H34FNO5. The number of fused-ring (bicyclic) bond motifs is 1. The number of carbonyl (C=O) groups excluding carboxylic acids is 1. The van der Waals surface area contributed by atoms with Crippen molar-refractivity contribution in [3.63, 3.8) is 0 Å². The van der Waals surface area contributed by atoms with E-state index in [0.29, 0.717) is 48.5 Å². The number of rotatable bonds is 8. The number of hydrogen-bond donors (Lipinski definition) is 1. The second-order valence-electron chi connectivity index (χ2n) is 10.3. The number of hydrogen-bond acceptors (Lipinski definition) is 5. The van der Waals surface area contributed by atoms with Crippen LogP contribution in [0.25, 0.3) is 0 Å². The summed E-state index contributed by atoms with van der Waals surface area (Å²) in [5.41, 5.74) is 1.72. The second kappa shape index (κ2) is 11.9. The summed E-state index contributed by atoms with van der Waals surface area (Å²) in [6, 6.07) is 22.1. The largest absolute Gasteiger partial charge is 0.486 e. The zero-order valence-electron chi connectivity index (χ0n) is 21.8. The van der Waals surface area contributed by atoms with Crippen LogP contribution in [0.2, 0.25) is 0 Å². The maximum Gasteiger partial charge on any atom is 0.258 e. The molecule has 6 nitrogen and oxygen atoms in total. The van der Waals surface area contributed by atoms with Crippen LogP contribution in [0.3, 0.4) is 0 Å². The summed E-state index contributed by atoms with van der Waals surface area (Å²) >= 11 is 0. The molecule has 3 aromatic rings. The second-order valence-corrected chi connectivity index (χ2v) is 10.3. The maximum atomic E-state index is 14.4. The zero-order valence-corrected chi connectivity index (χ0v) is 21.8. The first-order valence-corrected chi connectivity index (χ1v) is 13.2. The van der Waals surface area contributed by atoms with Crippen LogP contribution in [-0.4, -0.2) is 38.4 Å². The molecule has 7 heteroatoms. The van der Waals surface area contributed by atoms with Crippen molar-refractivity contribution in [1.82, 2.24) is 5.32 Å². The van der Waals surface area contributed by atoms with Gasteiger partial charge >= 0.3 is 0 Å². The van der Waals surface area contributed by atoms with Gasteiger partial charge in [0.2, 0.25) is 0 Å². The molecule has 1 saturated heterocycles. The van der Waals surface area contributed by atoms with Crippen LogP contribution in [0.15, 0.2) is 72.8 Å². The lowest BCUT2D eigenvalue weighted by atomic mass is 9.76. The number of amides is 1. The van der Waals surface area contributed by atoms with Gasteiger partial charge in [0, 0.05) is 5.92 Å². The lowest BCUT2D eigenvalue weighted by Gasteiger charge is -2.39. The molecule has 0 saturated carbocycles. The van der Waals surface area contributed by atoms with Crippen molar-refractivity contribution in [3.05, 3.63) is 89.7 Å². The molecule has 2 aliphatic rings. The predicted octanol–water partition coefficient (Wildman–Crippen LogP) is 5.68. The fraction of sp³-hybridized carbons (Fsp3) is 0.387. The quantitative estimate of drug-likeness (QED) is 0.415. The molecule has 0 aliphatic carbocycles. The van der Waals surface area contributed by atoms with E-state index in [4.69, 9.17) is 18.9 Å². The molecule has 0 aromatic heterocycles. The van der Waals surface area contributed by atoms with Crippen molar-refractivity contribution in [3.8, 4) is 17.2 Å². The van der Waals surface area contributed by atoms with Gasteiger partial charge in [-0.15, -0.1) is 0 Å². The smallest absolute Gasteiger partial charge is 0.258 e. The van der Waals surface area contributed by atoms with Crippen molar-refractivity contribution in [1.29, 1.82) is 0 Å². The van der Waals surface area contributed by atoms with Crippen molar-refractivity contribution < 1.29 is 28.1 Å². The molecular weight excluding hydrogens is 485 g/mol. The molecule has 2 heterocycles. The minimum Gasteiger partial charge on any atom is -0.486 e. The molecule has 0 spiro atoms. The van der Waals surface area contributed by atoms with Gasteiger partial charge in [-0.25, -0.2) is 4.39 Å². The van der Waals surface area contributed by atoms with Gasteiger partial charge in [-0.2, -0.15) is 0 Å². The van der Waals surface area contributed by atoms with E-state index in [-0.39, 0.29) is 42.4 Å². The third-order valence-corrected chi connectivity index (χ3v) is 7.27. The molecule has 38 heavy (non-hydrogen) atoms. The Hall–Kier alpha value is -3.58. The Kier molecular flexibility index (Phi) is 8.13. The molecule has 1 fully saturated rings. The van der Waals surface area contributed by atoms with Gasteiger partial charge in [0.1, 0.15) is 24.3 Å². The molecule has 0 radical (unpaired) electrons. The van der Waals surface area contributed by atoms with Gasteiger partial charge in [0.15, 0.2) is 18.1 Å². The van der Waals surface area contributed by atoms with E-state index in [0.717, 1.165) is 12.0 Å². The molecule has 200 valence electrons. The summed E-state index contributed by atoms with van der Waals surface area (Å²) in [6.45, 7) is 5.40. The van der Waals surface area contributed by atoms with Crippen molar-refractivity contribution in [2.75, 3.05) is 26.4 Å². The van der Waals surface area contributed by atoms with Gasteiger partial charge < -0.3 is 24.3 Å². The highest BCUT2D eigenvalue weighted by Gasteiger charge is 2.36. The number of carbonyl (C=O) groups is 1. The first-order valence-electron chi connectivity index (χ1n) is 13.2.